The maximum Gasteiger partial charge on any atom is 0.258 e. The fraction of sp³-hybridized carbons (Fsp3) is 0.615. The van der Waals surface area contributed by atoms with Crippen molar-refractivity contribution < 1.29 is 8.42 Å². The van der Waals surface area contributed by atoms with Gasteiger partial charge in [-0.25, -0.2) is 18.1 Å². The Morgan fingerprint density at radius 2 is 2.16 bits per heavy atom. The predicted octanol–water partition coefficient (Wildman–Crippen LogP) is 1.13. The molecule has 1 unspecified atom stereocenters. The molecule has 6 heteroatoms. The summed E-state index contributed by atoms with van der Waals surface area (Å²) in [5.41, 5.74) is 0.966. The van der Waals surface area contributed by atoms with Gasteiger partial charge in [-0.15, -0.1) is 0 Å². The highest BCUT2D eigenvalue weighted by atomic mass is 32.2. The molecule has 0 amide bonds. The number of hydrogen-bond acceptors (Lipinski definition) is 4. The first-order chi connectivity index (χ1) is 9.03. The van der Waals surface area contributed by atoms with E-state index in [1.54, 1.807) is 18.3 Å². The van der Waals surface area contributed by atoms with Crippen LogP contribution in [0.5, 0.6) is 0 Å². The second-order valence-corrected chi connectivity index (χ2v) is 6.92. The number of sulfonamides is 1. The van der Waals surface area contributed by atoms with E-state index in [9.17, 15) is 8.42 Å². The average molecular weight is 283 g/mol. The Kier molecular flexibility index (Phi) is 4.54. The smallest absolute Gasteiger partial charge is 0.258 e. The standard InChI is InChI=1S/C13H21N3O2S/c1-10(12-4-5-12)7-16-19(17,18)13-6-3-11(8-14-2)9-15-13/h3,6,9-10,12,14,16H,4-5,7-8H2,1-2H3. The molecule has 1 atom stereocenters. The largest absolute Gasteiger partial charge is 0.316 e. The van der Waals surface area contributed by atoms with Crippen LogP contribution in [0.25, 0.3) is 0 Å². The summed E-state index contributed by atoms with van der Waals surface area (Å²) in [5.74, 6) is 1.09. The fourth-order valence-corrected chi connectivity index (χ4v) is 3.09. The lowest BCUT2D eigenvalue weighted by Gasteiger charge is -2.11. The van der Waals surface area contributed by atoms with E-state index in [-0.39, 0.29) is 5.03 Å². The van der Waals surface area contributed by atoms with Crippen molar-refractivity contribution in [2.75, 3.05) is 13.6 Å². The first-order valence-electron chi connectivity index (χ1n) is 6.62. The minimum atomic E-state index is -3.47. The van der Waals surface area contributed by atoms with Crippen molar-refractivity contribution >= 4 is 10.0 Å². The van der Waals surface area contributed by atoms with Crippen molar-refractivity contribution in [1.29, 1.82) is 0 Å². The van der Waals surface area contributed by atoms with Gasteiger partial charge in [0.15, 0.2) is 5.03 Å². The summed E-state index contributed by atoms with van der Waals surface area (Å²) < 4.78 is 26.8. The zero-order valence-corrected chi connectivity index (χ0v) is 12.2. The summed E-state index contributed by atoms with van der Waals surface area (Å²) in [6, 6.07) is 3.33. The van der Waals surface area contributed by atoms with Crippen LogP contribution >= 0.6 is 0 Å². The molecule has 0 aliphatic heterocycles. The third-order valence-corrected chi connectivity index (χ3v) is 4.81. The summed E-state index contributed by atoms with van der Waals surface area (Å²) in [6.45, 7) is 3.26. The highest BCUT2D eigenvalue weighted by molar-refractivity contribution is 7.89. The van der Waals surface area contributed by atoms with Gasteiger partial charge in [-0.2, -0.15) is 0 Å². The molecule has 1 heterocycles. The van der Waals surface area contributed by atoms with E-state index in [4.69, 9.17) is 0 Å². The quantitative estimate of drug-likeness (QED) is 0.787. The molecule has 1 aliphatic carbocycles. The molecule has 19 heavy (non-hydrogen) atoms. The summed E-state index contributed by atoms with van der Waals surface area (Å²) in [7, 11) is -1.64. The Morgan fingerprint density at radius 3 is 2.68 bits per heavy atom. The Labute approximate surface area is 114 Å². The highest BCUT2D eigenvalue weighted by Gasteiger charge is 2.29. The minimum Gasteiger partial charge on any atom is -0.316 e. The molecule has 2 N–H and O–H groups in total. The summed E-state index contributed by atoms with van der Waals surface area (Å²) in [4.78, 5) is 4.02. The molecule has 0 radical (unpaired) electrons. The average Bonchev–Trinajstić information content (AvgIpc) is 3.21. The summed E-state index contributed by atoms with van der Waals surface area (Å²) >= 11 is 0. The van der Waals surface area contributed by atoms with Gasteiger partial charge >= 0.3 is 0 Å². The van der Waals surface area contributed by atoms with Gasteiger partial charge in [-0.3, -0.25) is 0 Å². The van der Waals surface area contributed by atoms with Crippen LogP contribution in [0.15, 0.2) is 23.4 Å². The Hall–Kier alpha value is -0.980. The maximum absolute atomic E-state index is 12.1. The first kappa shape index (κ1) is 14.4. The lowest BCUT2D eigenvalue weighted by atomic mass is 10.1. The van der Waals surface area contributed by atoms with Crippen molar-refractivity contribution in [3.8, 4) is 0 Å². The monoisotopic (exact) mass is 283 g/mol. The molecule has 106 valence electrons. The van der Waals surface area contributed by atoms with Gasteiger partial charge in [0.25, 0.3) is 10.0 Å². The molecule has 2 rings (SSSR count). The van der Waals surface area contributed by atoms with E-state index in [1.807, 2.05) is 7.05 Å². The second-order valence-electron chi connectivity index (χ2n) is 5.20. The first-order valence-corrected chi connectivity index (χ1v) is 8.10. The summed E-state index contributed by atoms with van der Waals surface area (Å²) in [5, 5.41) is 3.09. The van der Waals surface area contributed by atoms with E-state index >= 15 is 0 Å². The lowest BCUT2D eigenvalue weighted by Crippen LogP contribution is -2.29. The third-order valence-electron chi connectivity index (χ3n) is 3.48. The number of hydrogen-bond donors (Lipinski definition) is 2. The van der Waals surface area contributed by atoms with Gasteiger partial charge in [-0.1, -0.05) is 13.0 Å². The van der Waals surface area contributed by atoms with Gasteiger partial charge in [-0.05, 0) is 43.4 Å². The number of aromatic nitrogens is 1. The van der Waals surface area contributed by atoms with Gasteiger partial charge < -0.3 is 5.32 Å². The number of nitrogens with one attached hydrogen (secondary N) is 2. The molecule has 1 fully saturated rings. The van der Waals surface area contributed by atoms with Gasteiger partial charge in [0.05, 0.1) is 0 Å². The van der Waals surface area contributed by atoms with Crippen molar-refractivity contribution in [3.63, 3.8) is 0 Å². The highest BCUT2D eigenvalue weighted by Crippen LogP contribution is 2.36. The fourth-order valence-electron chi connectivity index (χ4n) is 2.03. The van der Waals surface area contributed by atoms with Crippen molar-refractivity contribution in [2.24, 2.45) is 11.8 Å². The van der Waals surface area contributed by atoms with Gasteiger partial charge in [0.1, 0.15) is 0 Å². The van der Waals surface area contributed by atoms with Gasteiger partial charge in [0, 0.05) is 19.3 Å². The van der Waals surface area contributed by atoms with Crippen LogP contribution in [0.3, 0.4) is 0 Å². The van der Waals surface area contributed by atoms with Crippen molar-refractivity contribution in [2.45, 2.75) is 31.3 Å². The predicted molar refractivity (Wildman–Crippen MR) is 74.1 cm³/mol. The van der Waals surface area contributed by atoms with E-state index < -0.39 is 10.0 Å². The SMILES string of the molecule is CNCc1ccc(S(=O)(=O)NCC(C)C2CC2)nc1. The van der Waals surface area contributed by atoms with Gasteiger partial charge in [0.2, 0.25) is 0 Å². The third kappa shape index (κ3) is 3.99. The molecular formula is C13H21N3O2S. The second kappa shape index (κ2) is 5.98. The molecule has 1 saturated carbocycles. The molecule has 0 aromatic carbocycles. The van der Waals surface area contributed by atoms with Crippen LogP contribution in [-0.4, -0.2) is 27.0 Å². The number of nitrogens with zero attached hydrogens (tertiary/aromatic N) is 1. The van der Waals surface area contributed by atoms with Crippen LogP contribution < -0.4 is 10.0 Å². The Balaban J connectivity index is 1.97. The van der Waals surface area contributed by atoms with E-state index in [1.165, 1.54) is 12.8 Å². The zero-order valence-electron chi connectivity index (χ0n) is 11.4. The lowest BCUT2D eigenvalue weighted by molar-refractivity contribution is 0.491. The van der Waals surface area contributed by atoms with Crippen LogP contribution in [0.1, 0.15) is 25.3 Å². The molecule has 1 aliphatic rings. The Bertz CT molecular complexity index is 509. The molecule has 5 nitrogen and oxygen atoms in total. The topological polar surface area (TPSA) is 71.1 Å². The van der Waals surface area contributed by atoms with E-state index in [0.29, 0.717) is 24.9 Å². The van der Waals surface area contributed by atoms with E-state index in [0.717, 1.165) is 5.56 Å². The summed E-state index contributed by atoms with van der Waals surface area (Å²) in [6.07, 6.45) is 4.04. The van der Waals surface area contributed by atoms with Crippen LogP contribution in [0, 0.1) is 11.8 Å². The van der Waals surface area contributed by atoms with Crippen LogP contribution in [-0.2, 0) is 16.6 Å². The minimum absolute atomic E-state index is 0.0929. The van der Waals surface area contributed by atoms with Crippen molar-refractivity contribution in [3.05, 3.63) is 23.9 Å². The zero-order chi connectivity index (χ0) is 13.9. The number of pyridine rings is 1. The molecule has 0 saturated heterocycles. The molecule has 0 spiro atoms. The molecule has 1 aromatic heterocycles. The Morgan fingerprint density at radius 1 is 1.42 bits per heavy atom. The van der Waals surface area contributed by atoms with Crippen LogP contribution in [0.2, 0.25) is 0 Å². The van der Waals surface area contributed by atoms with Crippen LogP contribution in [0.4, 0.5) is 0 Å². The molecule has 0 bridgehead atoms. The molecule has 1 aromatic rings. The van der Waals surface area contributed by atoms with Crippen molar-refractivity contribution in [1.82, 2.24) is 15.0 Å². The normalized spacial score (nSPS) is 17.4. The molecular weight excluding hydrogens is 262 g/mol. The maximum atomic E-state index is 12.1. The number of rotatable bonds is 7. The van der Waals surface area contributed by atoms with E-state index in [2.05, 4.69) is 21.9 Å².